The number of hydrogen-bond donors (Lipinski definition) is 1. The van der Waals surface area contributed by atoms with Gasteiger partial charge in [-0.25, -0.2) is 14.6 Å². The van der Waals surface area contributed by atoms with E-state index in [0.717, 1.165) is 42.0 Å². The lowest BCUT2D eigenvalue weighted by Gasteiger charge is -2.32. The third-order valence-electron chi connectivity index (χ3n) is 5.35. The zero-order valence-corrected chi connectivity index (χ0v) is 17.3. The second-order valence-electron chi connectivity index (χ2n) is 7.51. The first-order valence-electron chi connectivity index (χ1n) is 10.2. The molecule has 0 radical (unpaired) electrons. The van der Waals surface area contributed by atoms with Crippen molar-refractivity contribution in [1.29, 1.82) is 0 Å². The number of para-hydroxylation sites is 1. The Bertz CT molecular complexity index is 1030. The number of nitrogens with zero attached hydrogens (tertiary/aromatic N) is 5. The summed E-state index contributed by atoms with van der Waals surface area (Å²) in [6, 6.07) is 11.9. The summed E-state index contributed by atoms with van der Waals surface area (Å²) in [5.41, 5.74) is 3.88. The largest absolute Gasteiger partial charge is 0.348 e. The highest BCUT2D eigenvalue weighted by atomic mass is 16.1. The minimum atomic E-state index is -0.0953. The van der Waals surface area contributed by atoms with Crippen LogP contribution in [0.4, 0.5) is 5.95 Å². The Labute approximate surface area is 176 Å². The molecule has 1 atom stereocenters. The van der Waals surface area contributed by atoms with E-state index in [9.17, 15) is 4.79 Å². The molecule has 0 saturated carbocycles. The minimum absolute atomic E-state index is 0.0777. The van der Waals surface area contributed by atoms with Crippen molar-refractivity contribution >= 4 is 17.9 Å². The Morgan fingerprint density at radius 1 is 1.13 bits per heavy atom. The SMILES string of the molecule is Cc1nn(-c2ccccc2)c(C)c1/C=C/C(=O)NC1CCCN(c2ncccn2)C1. The van der Waals surface area contributed by atoms with E-state index in [0.29, 0.717) is 12.5 Å². The van der Waals surface area contributed by atoms with Crippen molar-refractivity contribution in [3.8, 4) is 5.69 Å². The van der Waals surface area contributed by atoms with Crippen LogP contribution in [0.25, 0.3) is 11.8 Å². The first kappa shape index (κ1) is 19.8. The highest BCUT2D eigenvalue weighted by Crippen LogP contribution is 2.19. The third kappa shape index (κ3) is 4.40. The van der Waals surface area contributed by atoms with Crippen molar-refractivity contribution in [1.82, 2.24) is 25.1 Å². The van der Waals surface area contributed by atoms with Crippen molar-refractivity contribution < 1.29 is 4.79 Å². The number of amides is 1. The van der Waals surface area contributed by atoms with Gasteiger partial charge in [0.05, 0.1) is 11.4 Å². The molecule has 1 N–H and O–H groups in total. The molecule has 1 aliphatic heterocycles. The summed E-state index contributed by atoms with van der Waals surface area (Å²) in [5, 5.41) is 7.75. The Morgan fingerprint density at radius 2 is 1.90 bits per heavy atom. The molecule has 4 rings (SSSR count). The molecule has 7 heteroatoms. The molecule has 0 aliphatic carbocycles. The zero-order valence-electron chi connectivity index (χ0n) is 17.3. The quantitative estimate of drug-likeness (QED) is 0.664. The smallest absolute Gasteiger partial charge is 0.244 e. The number of rotatable bonds is 5. The number of nitrogens with one attached hydrogen (secondary N) is 1. The van der Waals surface area contributed by atoms with Gasteiger partial charge in [0.1, 0.15) is 0 Å². The van der Waals surface area contributed by atoms with Gasteiger partial charge in [-0.15, -0.1) is 0 Å². The van der Waals surface area contributed by atoms with Crippen molar-refractivity contribution in [3.05, 3.63) is 71.8 Å². The summed E-state index contributed by atoms with van der Waals surface area (Å²) in [4.78, 5) is 23.3. The first-order valence-corrected chi connectivity index (χ1v) is 10.2. The Kier molecular flexibility index (Phi) is 5.88. The number of aryl methyl sites for hydroxylation is 1. The second kappa shape index (κ2) is 8.90. The highest BCUT2D eigenvalue weighted by Gasteiger charge is 2.22. The molecule has 30 heavy (non-hydrogen) atoms. The van der Waals surface area contributed by atoms with Gasteiger partial charge in [0.15, 0.2) is 0 Å². The number of benzene rings is 1. The fraction of sp³-hybridized carbons (Fsp3) is 0.304. The molecule has 3 aromatic rings. The van der Waals surface area contributed by atoms with Crippen LogP contribution in [0.2, 0.25) is 0 Å². The molecule has 2 aromatic heterocycles. The second-order valence-corrected chi connectivity index (χ2v) is 7.51. The molecule has 154 valence electrons. The van der Waals surface area contributed by atoms with E-state index >= 15 is 0 Å². The summed E-state index contributed by atoms with van der Waals surface area (Å²) in [5.74, 6) is 0.619. The topological polar surface area (TPSA) is 75.9 Å². The molecular formula is C23H26N6O. The molecule has 1 aliphatic rings. The van der Waals surface area contributed by atoms with E-state index in [4.69, 9.17) is 0 Å². The molecular weight excluding hydrogens is 376 g/mol. The fourth-order valence-corrected chi connectivity index (χ4v) is 3.86. The van der Waals surface area contributed by atoms with Crippen molar-refractivity contribution in [2.24, 2.45) is 0 Å². The van der Waals surface area contributed by atoms with Crippen LogP contribution < -0.4 is 10.2 Å². The first-order chi connectivity index (χ1) is 14.6. The molecule has 1 fully saturated rings. The van der Waals surface area contributed by atoms with E-state index in [1.807, 2.05) is 54.9 Å². The van der Waals surface area contributed by atoms with E-state index < -0.39 is 0 Å². The average Bonchev–Trinajstić information content (AvgIpc) is 3.07. The summed E-state index contributed by atoms with van der Waals surface area (Å²) in [6.07, 6.45) is 8.89. The van der Waals surface area contributed by atoms with Gasteiger partial charge in [-0.05, 0) is 51.0 Å². The number of aromatic nitrogens is 4. The molecule has 0 bridgehead atoms. The van der Waals surface area contributed by atoms with Crippen molar-refractivity contribution in [2.75, 3.05) is 18.0 Å². The maximum absolute atomic E-state index is 12.6. The normalized spacial score (nSPS) is 16.7. The van der Waals surface area contributed by atoms with Crippen molar-refractivity contribution in [2.45, 2.75) is 32.7 Å². The predicted octanol–water partition coefficient (Wildman–Crippen LogP) is 3.08. The van der Waals surface area contributed by atoms with Gasteiger partial charge in [0.2, 0.25) is 11.9 Å². The van der Waals surface area contributed by atoms with Crippen LogP contribution in [0.1, 0.15) is 29.8 Å². The van der Waals surface area contributed by atoms with Crippen LogP contribution in [0, 0.1) is 13.8 Å². The average molecular weight is 403 g/mol. The van der Waals surface area contributed by atoms with E-state index in [1.165, 1.54) is 0 Å². The number of anilines is 1. The van der Waals surface area contributed by atoms with Crippen LogP contribution in [-0.2, 0) is 4.79 Å². The molecule has 0 spiro atoms. The Morgan fingerprint density at radius 3 is 2.67 bits per heavy atom. The fourth-order valence-electron chi connectivity index (χ4n) is 3.86. The van der Waals surface area contributed by atoms with Crippen molar-refractivity contribution in [3.63, 3.8) is 0 Å². The maximum Gasteiger partial charge on any atom is 0.244 e. The van der Waals surface area contributed by atoms with Gasteiger partial charge in [-0.1, -0.05) is 18.2 Å². The number of hydrogen-bond acceptors (Lipinski definition) is 5. The van der Waals surface area contributed by atoms with Crippen LogP contribution >= 0.6 is 0 Å². The van der Waals surface area contributed by atoms with Crippen LogP contribution in [0.15, 0.2) is 54.9 Å². The minimum Gasteiger partial charge on any atom is -0.348 e. The molecule has 3 heterocycles. The van der Waals surface area contributed by atoms with E-state index in [-0.39, 0.29) is 11.9 Å². The van der Waals surface area contributed by atoms with Crippen LogP contribution in [0.3, 0.4) is 0 Å². The van der Waals surface area contributed by atoms with Crippen LogP contribution in [0.5, 0.6) is 0 Å². The van der Waals surface area contributed by atoms with E-state index in [2.05, 4.69) is 25.3 Å². The van der Waals surface area contributed by atoms with Gasteiger partial charge in [-0.2, -0.15) is 5.10 Å². The van der Waals surface area contributed by atoms with Gasteiger partial charge in [0, 0.05) is 48.9 Å². The molecule has 1 aromatic carbocycles. The summed E-state index contributed by atoms with van der Waals surface area (Å²) < 4.78 is 1.91. The lowest BCUT2D eigenvalue weighted by Crippen LogP contribution is -2.47. The van der Waals surface area contributed by atoms with Gasteiger partial charge < -0.3 is 10.2 Å². The lowest BCUT2D eigenvalue weighted by molar-refractivity contribution is -0.117. The summed E-state index contributed by atoms with van der Waals surface area (Å²) in [7, 11) is 0. The van der Waals surface area contributed by atoms with Gasteiger partial charge in [0.25, 0.3) is 0 Å². The van der Waals surface area contributed by atoms with Gasteiger partial charge in [-0.3, -0.25) is 4.79 Å². The van der Waals surface area contributed by atoms with Crippen LogP contribution in [-0.4, -0.2) is 44.8 Å². The zero-order chi connectivity index (χ0) is 20.9. The van der Waals surface area contributed by atoms with Gasteiger partial charge >= 0.3 is 0 Å². The lowest BCUT2D eigenvalue weighted by atomic mass is 10.1. The third-order valence-corrected chi connectivity index (χ3v) is 5.35. The molecule has 1 unspecified atom stereocenters. The number of carbonyl (C=O) groups is 1. The monoisotopic (exact) mass is 402 g/mol. The highest BCUT2D eigenvalue weighted by molar-refractivity contribution is 5.92. The standard InChI is InChI=1S/C23H26N6O/c1-17-21(18(2)29(27-17)20-9-4-3-5-10-20)11-12-22(30)26-19-8-6-15-28(16-19)23-24-13-7-14-25-23/h3-5,7,9-14,19H,6,8,15-16H2,1-2H3,(H,26,30)/b12-11+. The molecule has 7 nitrogen and oxygen atoms in total. The Balaban J connectivity index is 1.41. The summed E-state index contributed by atoms with van der Waals surface area (Å²) in [6.45, 7) is 5.60. The Hall–Kier alpha value is -3.48. The number of carbonyl (C=O) groups excluding carboxylic acids is 1. The molecule has 1 saturated heterocycles. The maximum atomic E-state index is 12.6. The predicted molar refractivity (Wildman–Crippen MR) is 117 cm³/mol. The summed E-state index contributed by atoms with van der Waals surface area (Å²) >= 11 is 0. The number of piperidine rings is 1. The van der Waals surface area contributed by atoms with E-state index in [1.54, 1.807) is 24.5 Å². The molecule has 1 amide bonds.